The predicted molar refractivity (Wildman–Crippen MR) is 53.9 cm³/mol. The number of pyridine rings is 1. The van der Waals surface area contributed by atoms with Gasteiger partial charge in [-0.25, -0.2) is 4.39 Å². The molecule has 1 aliphatic rings. The Bertz CT molecular complexity index is 316. The van der Waals surface area contributed by atoms with E-state index in [2.05, 4.69) is 22.1 Å². The van der Waals surface area contributed by atoms with E-state index in [9.17, 15) is 4.39 Å². The van der Waals surface area contributed by atoms with Crippen molar-refractivity contribution in [2.45, 2.75) is 13.0 Å². The summed E-state index contributed by atoms with van der Waals surface area (Å²) in [6.45, 7) is 4.75. The SMILES string of the molecule is C[C@@H]1CNCCN1c1ccncc1F. The minimum Gasteiger partial charge on any atom is -0.364 e. The molecule has 2 rings (SSSR count). The van der Waals surface area contributed by atoms with E-state index in [0.717, 1.165) is 19.6 Å². The molecule has 1 aromatic heterocycles. The number of hydrogen-bond acceptors (Lipinski definition) is 3. The van der Waals surface area contributed by atoms with Gasteiger partial charge in [-0.05, 0) is 13.0 Å². The van der Waals surface area contributed by atoms with Crippen molar-refractivity contribution in [3.63, 3.8) is 0 Å². The van der Waals surface area contributed by atoms with Gasteiger partial charge in [-0.15, -0.1) is 0 Å². The molecule has 2 heterocycles. The van der Waals surface area contributed by atoms with Crippen LogP contribution in [0.2, 0.25) is 0 Å². The zero-order valence-corrected chi connectivity index (χ0v) is 8.20. The molecule has 1 aliphatic heterocycles. The lowest BCUT2D eigenvalue weighted by Gasteiger charge is -2.35. The molecule has 0 bridgehead atoms. The first-order valence-corrected chi connectivity index (χ1v) is 4.86. The van der Waals surface area contributed by atoms with Crippen LogP contribution < -0.4 is 10.2 Å². The first-order valence-electron chi connectivity index (χ1n) is 4.86. The van der Waals surface area contributed by atoms with Gasteiger partial charge in [0.05, 0.1) is 11.9 Å². The maximum atomic E-state index is 13.4. The molecule has 76 valence electrons. The molecule has 1 aromatic rings. The van der Waals surface area contributed by atoms with Crippen LogP contribution >= 0.6 is 0 Å². The van der Waals surface area contributed by atoms with Gasteiger partial charge in [-0.3, -0.25) is 4.98 Å². The van der Waals surface area contributed by atoms with E-state index in [1.54, 1.807) is 12.3 Å². The second kappa shape index (κ2) is 3.92. The number of nitrogens with zero attached hydrogens (tertiary/aromatic N) is 2. The summed E-state index contributed by atoms with van der Waals surface area (Å²) in [6.07, 6.45) is 2.90. The van der Waals surface area contributed by atoms with Crippen LogP contribution in [-0.2, 0) is 0 Å². The summed E-state index contributed by atoms with van der Waals surface area (Å²) in [4.78, 5) is 5.82. The minimum absolute atomic E-state index is 0.235. The molecule has 0 radical (unpaired) electrons. The van der Waals surface area contributed by atoms with Crippen LogP contribution in [0.5, 0.6) is 0 Å². The molecule has 0 unspecified atom stereocenters. The van der Waals surface area contributed by atoms with E-state index >= 15 is 0 Å². The van der Waals surface area contributed by atoms with Crippen molar-refractivity contribution in [1.29, 1.82) is 0 Å². The molecule has 0 aromatic carbocycles. The molecule has 0 spiro atoms. The fraction of sp³-hybridized carbons (Fsp3) is 0.500. The van der Waals surface area contributed by atoms with Crippen LogP contribution in [0.25, 0.3) is 0 Å². The number of halogens is 1. The number of piperazine rings is 1. The van der Waals surface area contributed by atoms with E-state index in [0.29, 0.717) is 11.7 Å². The third-order valence-corrected chi connectivity index (χ3v) is 2.56. The van der Waals surface area contributed by atoms with E-state index in [1.165, 1.54) is 6.20 Å². The van der Waals surface area contributed by atoms with Gasteiger partial charge in [-0.1, -0.05) is 0 Å². The summed E-state index contributed by atoms with van der Waals surface area (Å²) >= 11 is 0. The molecular formula is C10H14FN3. The molecule has 1 atom stereocenters. The summed E-state index contributed by atoms with van der Waals surface area (Å²) in [5, 5.41) is 3.27. The predicted octanol–water partition coefficient (Wildman–Crippen LogP) is 1.02. The minimum atomic E-state index is -0.235. The maximum absolute atomic E-state index is 13.4. The average Bonchev–Trinajstić information content (AvgIpc) is 2.20. The van der Waals surface area contributed by atoms with Crippen LogP contribution in [-0.4, -0.2) is 30.7 Å². The number of nitrogens with one attached hydrogen (secondary N) is 1. The Morgan fingerprint density at radius 3 is 3.21 bits per heavy atom. The lowest BCUT2D eigenvalue weighted by molar-refractivity contribution is 0.490. The first kappa shape index (κ1) is 9.40. The Balaban J connectivity index is 2.25. The van der Waals surface area contributed by atoms with Gasteiger partial charge >= 0.3 is 0 Å². The molecule has 1 saturated heterocycles. The molecule has 1 N–H and O–H groups in total. The Labute approximate surface area is 82.9 Å². The number of aromatic nitrogens is 1. The molecule has 0 aliphatic carbocycles. The fourth-order valence-corrected chi connectivity index (χ4v) is 1.80. The van der Waals surface area contributed by atoms with Gasteiger partial charge in [0.2, 0.25) is 0 Å². The molecular weight excluding hydrogens is 181 g/mol. The highest BCUT2D eigenvalue weighted by molar-refractivity contribution is 5.47. The fourth-order valence-electron chi connectivity index (χ4n) is 1.80. The molecule has 4 heteroatoms. The second-order valence-electron chi connectivity index (χ2n) is 3.57. The highest BCUT2D eigenvalue weighted by Crippen LogP contribution is 2.20. The van der Waals surface area contributed by atoms with Crippen molar-refractivity contribution in [1.82, 2.24) is 10.3 Å². The summed E-state index contributed by atoms with van der Waals surface area (Å²) in [6, 6.07) is 2.07. The zero-order valence-electron chi connectivity index (χ0n) is 8.20. The van der Waals surface area contributed by atoms with Crippen LogP contribution in [0.1, 0.15) is 6.92 Å². The molecule has 0 amide bonds. The van der Waals surface area contributed by atoms with Crippen LogP contribution in [0.3, 0.4) is 0 Å². The third kappa shape index (κ3) is 1.70. The number of hydrogen-bond donors (Lipinski definition) is 1. The Kier molecular flexibility index (Phi) is 2.63. The van der Waals surface area contributed by atoms with Crippen molar-refractivity contribution in [3.8, 4) is 0 Å². The van der Waals surface area contributed by atoms with E-state index in [-0.39, 0.29) is 5.82 Å². The molecule has 0 saturated carbocycles. The Morgan fingerprint density at radius 1 is 1.64 bits per heavy atom. The van der Waals surface area contributed by atoms with Gasteiger partial charge in [-0.2, -0.15) is 0 Å². The topological polar surface area (TPSA) is 28.2 Å². The first-order chi connectivity index (χ1) is 6.79. The van der Waals surface area contributed by atoms with E-state index in [4.69, 9.17) is 0 Å². The standard InChI is InChI=1S/C10H14FN3/c1-8-6-13-4-5-14(8)10-2-3-12-7-9(10)11/h2-3,7-8,13H,4-6H2,1H3/t8-/m1/s1. The van der Waals surface area contributed by atoms with Gasteiger partial charge in [0, 0.05) is 31.9 Å². The normalized spacial score (nSPS) is 22.4. The van der Waals surface area contributed by atoms with Crippen molar-refractivity contribution >= 4 is 5.69 Å². The molecule has 1 fully saturated rings. The van der Waals surface area contributed by atoms with Crippen LogP contribution in [0, 0.1) is 5.82 Å². The summed E-state index contributed by atoms with van der Waals surface area (Å²) in [7, 11) is 0. The van der Waals surface area contributed by atoms with Crippen LogP contribution in [0.4, 0.5) is 10.1 Å². The molecule has 14 heavy (non-hydrogen) atoms. The van der Waals surface area contributed by atoms with Crippen LogP contribution in [0.15, 0.2) is 18.5 Å². The van der Waals surface area contributed by atoms with Crippen molar-refractivity contribution in [2.75, 3.05) is 24.5 Å². The number of rotatable bonds is 1. The zero-order chi connectivity index (χ0) is 9.97. The highest BCUT2D eigenvalue weighted by Gasteiger charge is 2.20. The Morgan fingerprint density at radius 2 is 2.50 bits per heavy atom. The lowest BCUT2D eigenvalue weighted by Crippen LogP contribution is -2.50. The van der Waals surface area contributed by atoms with Crippen molar-refractivity contribution in [2.24, 2.45) is 0 Å². The molecule has 3 nitrogen and oxygen atoms in total. The summed E-state index contributed by atoms with van der Waals surface area (Å²) in [5.41, 5.74) is 0.661. The number of anilines is 1. The largest absolute Gasteiger partial charge is 0.364 e. The van der Waals surface area contributed by atoms with E-state index in [1.807, 2.05) is 0 Å². The quantitative estimate of drug-likeness (QED) is 0.725. The third-order valence-electron chi connectivity index (χ3n) is 2.56. The Hall–Kier alpha value is -1.16. The smallest absolute Gasteiger partial charge is 0.164 e. The maximum Gasteiger partial charge on any atom is 0.164 e. The van der Waals surface area contributed by atoms with Gasteiger partial charge in [0.25, 0.3) is 0 Å². The van der Waals surface area contributed by atoms with E-state index < -0.39 is 0 Å². The monoisotopic (exact) mass is 195 g/mol. The summed E-state index contributed by atoms with van der Waals surface area (Å²) in [5.74, 6) is -0.235. The van der Waals surface area contributed by atoms with Crippen molar-refractivity contribution < 1.29 is 4.39 Å². The van der Waals surface area contributed by atoms with Gasteiger partial charge in [0.15, 0.2) is 5.82 Å². The van der Waals surface area contributed by atoms with Gasteiger partial charge in [0.1, 0.15) is 0 Å². The van der Waals surface area contributed by atoms with Gasteiger partial charge < -0.3 is 10.2 Å². The second-order valence-corrected chi connectivity index (χ2v) is 3.57. The van der Waals surface area contributed by atoms with Crippen molar-refractivity contribution in [3.05, 3.63) is 24.3 Å². The lowest BCUT2D eigenvalue weighted by atomic mass is 10.2. The summed E-state index contributed by atoms with van der Waals surface area (Å²) < 4.78 is 13.4. The highest BCUT2D eigenvalue weighted by atomic mass is 19.1. The average molecular weight is 195 g/mol.